The summed E-state index contributed by atoms with van der Waals surface area (Å²) in [4.78, 5) is 38.0. The number of esters is 1. The Balaban J connectivity index is 1.64. The summed E-state index contributed by atoms with van der Waals surface area (Å²) in [6, 6.07) is 6.31. The Morgan fingerprint density at radius 3 is 2.68 bits per heavy atom. The van der Waals surface area contributed by atoms with E-state index in [2.05, 4.69) is 10.1 Å². The van der Waals surface area contributed by atoms with Gasteiger partial charge in [-0.3, -0.25) is 14.5 Å². The van der Waals surface area contributed by atoms with Gasteiger partial charge >= 0.3 is 5.97 Å². The van der Waals surface area contributed by atoms with Crippen LogP contribution in [0.25, 0.3) is 6.08 Å². The summed E-state index contributed by atoms with van der Waals surface area (Å²) in [7, 11) is 1.31. The largest absolute Gasteiger partial charge is 0.465 e. The maximum absolute atomic E-state index is 12.6. The highest BCUT2D eigenvalue weighted by atomic mass is 32.2. The van der Waals surface area contributed by atoms with Crippen LogP contribution in [-0.2, 0) is 14.3 Å². The molecule has 0 unspecified atom stereocenters. The summed E-state index contributed by atoms with van der Waals surface area (Å²) in [5.74, 6) is 0.0979. The number of nitrogens with one attached hydrogen (secondary N) is 1. The van der Waals surface area contributed by atoms with E-state index in [1.807, 2.05) is 0 Å². The minimum Gasteiger partial charge on any atom is -0.465 e. The maximum atomic E-state index is 12.6. The number of hydrogen-bond acceptors (Lipinski definition) is 8. The van der Waals surface area contributed by atoms with Crippen LogP contribution < -0.4 is 5.32 Å². The van der Waals surface area contributed by atoms with Crippen LogP contribution in [-0.4, -0.2) is 69.4 Å². The minimum absolute atomic E-state index is 0.183. The Labute approximate surface area is 175 Å². The van der Waals surface area contributed by atoms with Crippen molar-refractivity contribution in [2.75, 3.05) is 25.2 Å². The average molecular weight is 439 g/mol. The van der Waals surface area contributed by atoms with Gasteiger partial charge in [-0.15, -0.1) is 0 Å². The zero-order chi connectivity index (χ0) is 20.3. The molecule has 7 nitrogen and oxygen atoms in total. The molecule has 28 heavy (non-hydrogen) atoms. The van der Waals surface area contributed by atoms with Gasteiger partial charge in [0.05, 0.1) is 29.7 Å². The normalized spacial score (nSPS) is 23.4. The first-order valence-corrected chi connectivity index (χ1v) is 10.8. The summed E-state index contributed by atoms with van der Waals surface area (Å²) in [6.45, 7) is -0.183. The molecule has 0 bridgehead atoms. The topological polar surface area (TPSA) is 95.9 Å². The number of methoxy groups -OCH3 is 1. The molecule has 148 valence electrons. The Bertz CT molecular complexity index is 840. The van der Waals surface area contributed by atoms with Gasteiger partial charge in [-0.1, -0.05) is 36.1 Å². The van der Waals surface area contributed by atoms with Crippen LogP contribution in [0.3, 0.4) is 0 Å². The lowest BCUT2D eigenvalue weighted by molar-refractivity contribution is -0.129. The molecule has 1 aromatic carbocycles. The summed E-state index contributed by atoms with van der Waals surface area (Å²) < 4.78 is 4.96. The van der Waals surface area contributed by atoms with E-state index < -0.39 is 12.1 Å². The number of hydrogen-bond donors (Lipinski definition) is 2. The third-order valence-corrected chi connectivity index (χ3v) is 6.75. The lowest BCUT2D eigenvalue weighted by Crippen LogP contribution is -2.47. The van der Waals surface area contributed by atoms with Gasteiger partial charge in [-0.05, 0) is 23.8 Å². The van der Waals surface area contributed by atoms with Gasteiger partial charge in [0.25, 0.3) is 5.91 Å². The van der Waals surface area contributed by atoms with E-state index in [0.29, 0.717) is 26.3 Å². The van der Waals surface area contributed by atoms with Crippen LogP contribution in [0.1, 0.15) is 15.9 Å². The van der Waals surface area contributed by atoms with Crippen molar-refractivity contribution in [3.63, 3.8) is 0 Å². The monoisotopic (exact) mass is 438 g/mol. The van der Waals surface area contributed by atoms with Gasteiger partial charge in [0, 0.05) is 11.5 Å². The molecule has 10 heteroatoms. The predicted octanol–water partition coefficient (Wildman–Crippen LogP) is 1.27. The fraction of sp³-hybridized carbons (Fsp3) is 0.333. The number of aliphatic hydroxyl groups is 1. The molecule has 0 saturated carbocycles. The average Bonchev–Trinajstić information content (AvgIpc) is 3.19. The molecule has 2 aliphatic rings. The number of rotatable bonds is 5. The van der Waals surface area contributed by atoms with Crippen molar-refractivity contribution in [1.29, 1.82) is 0 Å². The highest BCUT2D eigenvalue weighted by Crippen LogP contribution is 2.32. The van der Waals surface area contributed by atoms with Crippen molar-refractivity contribution in [2.45, 2.75) is 12.1 Å². The zero-order valence-corrected chi connectivity index (χ0v) is 17.4. The Morgan fingerprint density at radius 1 is 1.36 bits per heavy atom. The van der Waals surface area contributed by atoms with Crippen molar-refractivity contribution in [3.8, 4) is 0 Å². The summed E-state index contributed by atoms with van der Waals surface area (Å²) >= 11 is 7.93. The van der Waals surface area contributed by atoms with Gasteiger partial charge < -0.3 is 15.2 Å². The van der Waals surface area contributed by atoms with Crippen LogP contribution in [0.2, 0.25) is 0 Å². The van der Waals surface area contributed by atoms with Crippen molar-refractivity contribution in [2.24, 2.45) is 0 Å². The highest BCUT2D eigenvalue weighted by molar-refractivity contribution is 8.26. The Hall–Kier alpha value is -1.88. The maximum Gasteiger partial charge on any atom is 0.337 e. The fourth-order valence-electron chi connectivity index (χ4n) is 2.70. The van der Waals surface area contributed by atoms with Crippen molar-refractivity contribution in [3.05, 3.63) is 40.3 Å². The first-order chi connectivity index (χ1) is 13.4. The van der Waals surface area contributed by atoms with Crippen LogP contribution >= 0.6 is 35.7 Å². The number of thioether (sulfide) groups is 2. The molecule has 0 aromatic heterocycles. The van der Waals surface area contributed by atoms with Gasteiger partial charge in [-0.25, -0.2) is 4.79 Å². The van der Waals surface area contributed by atoms with Gasteiger partial charge in [-0.2, -0.15) is 11.8 Å². The first-order valence-electron chi connectivity index (χ1n) is 8.38. The second kappa shape index (κ2) is 9.08. The molecule has 0 spiro atoms. The molecule has 0 aliphatic carbocycles. The number of nitrogens with zero attached hydrogens (tertiary/aromatic N) is 1. The van der Waals surface area contributed by atoms with Crippen LogP contribution in [0.5, 0.6) is 0 Å². The molecular weight excluding hydrogens is 420 g/mol. The second-order valence-corrected chi connectivity index (χ2v) is 8.91. The fourth-order valence-corrected chi connectivity index (χ4v) is 5.12. The van der Waals surface area contributed by atoms with Gasteiger partial charge in [0.15, 0.2) is 0 Å². The number of thiocarbonyl (C=S) groups is 1. The summed E-state index contributed by atoms with van der Waals surface area (Å²) in [5, 5.41) is 12.5. The van der Waals surface area contributed by atoms with E-state index in [1.165, 1.54) is 12.0 Å². The number of aliphatic hydroxyl groups excluding tert-OH is 1. The molecule has 0 radical (unpaired) electrons. The molecule has 2 aliphatic heterocycles. The zero-order valence-electron chi connectivity index (χ0n) is 14.9. The third-order valence-electron chi connectivity index (χ3n) is 4.20. The summed E-state index contributed by atoms with van der Waals surface area (Å²) in [6.07, 6.45) is 1.09. The van der Waals surface area contributed by atoms with E-state index in [-0.39, 0.29) is 24.4 Å². The Kier molecular flexibility index (Phi) is 6.76. The SMILES string of the molecule is COC(=O)c1ccc(/C=C2\SC(=S)N(CC(=O)N[C@H]3CSC[C@H]3O)C2=O)cc1. The quantitative estimate of drug-likeness (QED) is 0.403. The lowest BCUT2D eigenvalue weighted by Gasteiger charge is -2.18. The minimum atomic E-state index is -0.576. The standard InChI is InChI=1S/C18H18N2O5S3/c1-25-17(24)11-4-2-10(3-5-11)6-14-16(23)20(18(26)28-14)7-15(22)19-12-8-27-9-13(12)21/h2-6,12-13,21H,7-9H2,1H3,(H,19,22)/b14-6-/t12-,13+/m0/s1. The molecule has 2 heterocycles. The molecule has 2 atom stereocenters. The second-order valence-electron chi connectivity index (χ2n) is 6.16. The number of ether oxygens (including phenoxy) is 1. The molecule has 2 amide bonds. The van der Waals surface area contributed by atoms with Crippen LogP contribution in [0.4, 0.5) is 0 Å². The number of benzene rings is 1. The highest BCUT2D eigenvalue weighted by Gasteiger charge is 2.34. The van der Waals surface area contributed by atoms with Crippen LogP contribution in [0, 0.1) is 0 Å². The summed E-state index contributed by atoms with van der Waals surface area (Å²) in [5.41, 5.74) is 1.14. The van der Waals surface area contributed by atoms with E-state index >= 15 is 0 Å². The van der Waals surface area contributed by atoms with Gasteiger partial charge in [0.2, 0.25) is 5.91 Å². The third kappa shape index (κ3) is 4.75. The van der Waals surface area contributed by atoms with Crippen LogP contribution in [0.15, 0.2) is 29.2 Å². The van der Waals surface area contributed by atoms with E-state index in [0.717, 1.165) is 17.3 Å². The molecule has 2 N–H and O–H groups in total. The van der Waals surface area contributed by atoms with Crippen molar-refractivity contribution < 1.29 is 24.2 Å². The van der Waals surface area contributed by atoms with Crippen molar-refractivity contribution in [1.82, 2.24) is 10.2 Å². The predicted molar refractivity (Wildman–Crippen MR) is 113 cm³/mol. The number of carbonyl (C=O) groups excluding carboxylic acids is 3. The smallest absolute Gasteiger partial charge is 0.337 e. The first kappa shape index (κ1) is 20.8. The van der Waals surface area contributed by atoms with E-state index in [1.54, 1.807) is 42.1 Å². The lowest BCUT2D eigenvalue weighted by atomic mass is 10.1. The molecular formula is C18H18N2O5S3. The molecule has 2 saturated heterocycles. The number of carbonyl (C=O) groups is 3. The molecule has 1 aromatic rings. The van der Waals surface area contributed by atoms with Gasteiger partial charge in [0.1, 0.15) is 10.9 Å². The molecule has 3 rings (SSSR count). The van der Waals surface area contributed by atoms with E-state index in [9.17, 15) is 19.5 Å². The van der Waals surface area contributed by atoms with E-state index in [4.69, 9.17) is 12.2 Å². The molecule has 2 fully saturated rings. The Morgan fingerprint density at radius 2 is 2.07 bits per heavy atom. The number of amides is 2. The van der Waals surface area contributed by atoms with Crippen molar-refractivity contribution >= 4 is 63.9 Å².